The molecule has 0 aliphatic carbocycles. The molecule has 1 fully saturated rings. The fraction of sp³-hybridized carbons (Fsp3) is 0.364. The third kappa shape index (κ3) is 4.13. The van der Waals surface area contributed by atoms with Crippen molar-refractivity contribution in [1.82, 2.24) is 14.5 Å². The van der Waals surface area contributed by atoms with Crippen LogP contribution in [0.3, 0.4) is 0 Å². The van der Waals surface area contributed by atoms with Crippen LogP contribution >= 0.6 is 12.6 Å². The summed E-state index contributed by atoms with van der Waals surface area (Å²) in [6.07, 6.45) is 3.44. The largest absolute Gasteiger partial charge is 0.316 e. The number of thiol groups is 1. The highest BCUT2D eigenvalue weighted by molar-refractivity contribution is 7.80. The van der Waals surface area contributed by atoms with Crippen LogP contribution in [0, 0.1) is 5.82 Å². The number of benzene rings is 2. The summed E-state index contributed by atoms with van der Waals surface area (Å²) in [5, 5.41) is 0.782. The first-order chi connectivity index (χ1) is 13.6. The Kier molecular flexibility index (Phi) is 5.78. The minimum absolute atomic E-state index is 0.0829. The van der Waals surface area contributed by atoms with Gasteiger partial charge in [0.25, 0.3) is 0 Å². The number of para-hydroxylation sites is 2. The lowest BCUT2D eigenvalue weighted by Gasteiger charge is -2.33. The van der Waals surface area contributed by atoms with Gasteiger partial charge in [-0.3, -0.25) is 4.79 Å². The molecule has 28 heavy (non-hydrogen) atoms. The van der Waals surface area contributed by atoms with Gasteiger partial charge < -0.3 is 9.47 Å². The summed E-state index contributed by atoms with van der Waals surface area (Å²) in [7, 11) is 0. The average molecular weight is 398 g/mol. The molecule has 0 bridgehead atoms. The normalized spacial score (nSPS) is 15.9. The van der Waals surface area contributed by atoms with Crippen molar-refractivity contribution in [3.8, 4) is 0 Å². The number of imidazole rings is 1. The van der Waals surface area contributed by atoms with Crippen molar-refractivity contribution in [2.24, 2.45) is 0 Å². The Morgan fingerprint density at radius 1 is 1.11 bits per heavy atom. The molecule has 4 rings (SSSR count). The van der Waals surface area contributed by atoms with E-state index in [9.17, 15) is 9.18 Å². The summed E-state index contributed by atoms with van der Waals surface area (Å²) >= 11 is 4.59. The van der Waals surface area contributed by atoms with Gasteiger partial charge in [-0.2, -0.15) is 0 Å². The summed E-state index contributed by atoms with van der Waals surface area (Å²) in [6.45, 7) is 2.93. The zero-order chi connectivity index (χ0) is 19.5. The quantitative estimate of drug-likeness (QED) is 0.481. The molecule has 1 aliphatic rings. The average Bonchev–Trinajstić information content (AvgIpc) is 3.05. The lowest BCUT2D eigenvalue weighted by molar-refractivity contribution is 0.0970. The monoisotopic (exact) mass is 397 g/mol. The van der Waals surface area contributed by atoms with Gasteiger partial charge in [0.2, 0.25) is 0 Å². The number of hydrogen-bond acceptors (Lipinski definition) is 4. The predicted octanol–water partition coefficient (Wildman–Crippen LogP) is 4.76. The molecule has 4 nitrogen and oxygen atoms in total. The maximum Gasteiger partial charge on any atom is 0.166 e. The molecule has 2 aromatic carbocycles. The molecule has 0 radical (unpaired) electrons. The highest BCUT2D eigenvalue weighted by Gasteiger charge is 2.23. The molecule has 6 heteroatoms. The molecule has 146 valence electrons. The van der Waals surface area contributed by atoms with Crippen LogP contribution < -0.4 is 0 Å². The molecule has 0 atom stereocenters. The predicted molar refractivity (Wildman–Crippen MR) is 112 cm³/mol. The molecule has 0 N–H and O–H groups in total. The second-order valence-corrected chi connectivity index (χ2v) is 7.78. The third-order valence-corrected chi connectivity index (χ3v) is 5.86. The molecule has 0 saturated carbocycles. The van der Waals surface area contributed by atoms with E-state index in [1.54, 1.807) is 12.1 Å². The Hall–Kier alpha value is -2.18. The van der Waals surface area contributed by atoms with Gasteiger partial charge in [-0.05, 0) is 62.2 Å². The molecule has 1 saturated heterocycles. The Bertz CT molecular complexity index is 962. The summed E-state index contributed by atoms with van der Waals surface area (Å²) in [5.74, 6) is -0.228. The van der Waals surface area contributed by atoms with Crippen LogP contribution in [-0.4, -0.2) is 39.9 Å². The number of piperidine rings is 1. The van der Waals surface area contributed by atoms with Crippen LogP contribution in [0.15, 0.2) is 53.7 Å². The van der Waals surface area contributed by atoms with Crippen LogP contribution in [0.5, 0.6) is 0 Å². The number of hydrogen-bond donors (Lipinski definition) is 1. The second-order valence-electron chi connectivity index (χ2n) is 7.38. The van der Waals surface area contributed by atoms with E-state index in [1.807, 2.05) is 18.2 Å². The SMILES string of the molecule is O=C(CCCN1CCC(n2c(S)nc3ccccc32)CC1)c1ccc(F)cc1. The van der Waals surface area contributed by atoms with E-state index in [-0.39, 0.29) is 11.6 Å². The van der Waals surface area contributed by atoms with Gasteiger partial charge in [-0.25, -0.2) is 9.37 Å². The van der Waals surface area contributed by atoms with Gasteiger partial charge >= 0.3 is 0 Å². The molecular formula is C22H24FN3OS. The fourth-order valence-corrected chi connectivity index (χ4v) is 4.41. The van der Waals surface area contributed by atoms with Crippen molar-refractivity contribution in [3.05, 3.63) is 59.9 Å². The first-order valence-corrected chi connectivity index (χ1v) is 10.2. The van der Waals surface area contributed by atoms with Crippen molar-refractivity contribution in [1.29, 1.82) is 0 Å². The molecule has 0 spiro atoms. The van der Waals surface area contributed by atoms with Gasteiger partial charge in [0.05, 0.1) is 11.0 Å². The van der Waals surface area contributed by atoms with Gasteiger partial charge in [0, 0.05) is 31.1 Å². The van der Waals surface area contributed by atoms with Crippen molar-refractivity contribution in [2.75, 3.05) is 19.6 Å². The second kappa shape index (κ2) is 8.45. The maximum atomic E-state index is 13.0. The smallest absolute Gasteiger partial charge is 0.166 e. The summed E-state index contributed by atoms with van der Waals surface area (Å²) in [6, 6.07) is 14.4. The fourth-order valence-electron chi connectivity index (χ4n) is 4.04. The Morgan fingerprint density at radius 2 is 1.82 bits per heavy atom. The standard InChI is InChI=1S/C22H24FN3OS/c23-17-9-7-16(8-10-17)21(27)6-3-13-25-14-11-18(12-15-25)26-20-5-2-1-4-19(20)24-22(26)28/h1-2,4-5,7-10,18H,3,6,11-15H2,(H,24,28). The first-order valence-electron chi connectivity index (χ1n) is 9.79. The van der Waals surface area contributed by atoms with Gasteiger partial charge in [-0.15, -0.1) is 12.6 Å². The Labute approximate surface area is 169 Å². The van der Waals surface area contributed by atoms with Gasteiger partial charge in [-0.1, -0.05) is 12.1 Å². The first kappa shape index (κ1) is 19.2. The van der Waals surface area contributed by atoms with E-state index >= 15 is 0 Å². The zero-order valence-corrected chi connectivity index (χ0v) is 16.6. The van der Waals surface area contributed by atoms with E-state index in [1.165, 1.54) is 12.1 Å². The highest BCUT2D eigenvalue weighted by atomic mass is 32.1. The van der Waals surface area contributed by atoms with Crippen molar-refractivity contribution < 1.29 is 9.18 Å². The minimum atomic E-state index is -0.311. The number of fused-ring (bicyclic) bond motifs is 1. The Morgan fingerprint density at radius 3 is 2.57 bits per heavy atom. The van der Waals surface area contributed by atoms with Crippen LogP contribution in [0.4, 0.5) is 4.39 Å². The highest BCUT2D eigenvalue weighted by Crippen LogP contribution is 2.30. The molecule has 3 aromatic rings. The van der Waals surface area contributed by atoms with Crippen molar-refractivity contribution >= 4 is 29.4 Å². The number of carbonyl (C=O) groups is 1. The number of ketones is 1. The number of aromatic nitrogens is 2. The summed E-state index contributed by atoms with van der Waals surface area (Å²) in [4.78, 5) is 19.2. The molecule has 0 unspecified atom stereocenters. The van der Waals surface area contributed by atoms with Crippen LogP contribution in [0.1, 0.15) is 42.1 Å². The topological polar surface area (TPSA) is 38.1 Å². The van der Waals surface area contributed by atoms with Crippen LogP contribution in [0.25, 0.3) is 11.0 Å². The van der Waals surface area contributed by atoms with Crippen LogP contribution in [0.2, 0.25) is 0 Å². The number of nitrogens with zero attached hydrogens (tertiary/aromatic N) is 3. The lowest BCUT2D eigenvalue weighted by Crippen LogP contribution is -2.35. The summed E-state index contributed by atoms with van der Waals surface area (Å²) < 4.78 is 15.2. The number of rotatable bonds is 6. The maximum absolute atomic E-state index is 13.0. The molecule has 1 aliphatic heterocycles. The third-order valence-electron chi connectivity index (χ3n) is 5.54. The molecule has 2 heterocycles. The van der Waals surface area contributed by atoms with E-state index in [4.69, 9.17) is 0 Å². The number of likely N-dealkylation sites (tertiary alicyclic amines) is 1. The van der Waals surface area contributed by atoms with Gasteiger partial charge in [0.1, 0.15) is 5.82 Å². The molecule has 0 amide bonds. The minimum Gasteiger partial charge on any atom is -0.316 e. The number of halogens is 1. The van der Waals surface area contributed by atoms with Crippen molar-refractivity contribution in [2.45, 2.75) is 36.9 Å². The summed E-state index contributed by atoms with van der Waals surface area (Å²) in [5.41, 5.74) is 2.73. The number of carbonyl (C=O) groups excluding carboxylic acids is 1. The van der Waals surface area contributed by atoms with E-state index < -0.39 is 0 Å². The van der Waals surface area contributed by atoms with E-state index in [0.29, 0.717) is 18.0 Å². The number of Topliss-reactive ketones (excluding diaryl/α,β-unsaturated/α-hetero) is 1. The molecular weight excluding hydrogens is 373 g/mol. The zero-order valence-electron chi connectivity index (χ0n) is 15.7. The van der Waals surface area contributed by atoms with Crippen molar-refractivity contribution in [3.63, 3.8) is 0 Å². The van der Waals surface area contributed by atoms with E-state index in [2.05, 4.69) is 33.1 Å². The van der Waals surface area contributed by atoms with Crippen LogP contribution in [-0.2, 0) is 0 Å². The van der Waals surface area contributed by atoms with E-state index in [0.717, 1.165) is 55.1 Å². The molecule has 1 aromatic heterocycles. The van der Waals surface area contributed by atoms with Gasteiger partial charge in [0.15, 0.2) is 10.9 Å². The Balaban J connectivity index is 1.28. The lowest BCUT2D eigenvalue weighted by atomic mass is 10.0.